The second-order valence-corrected chi connectivity index (χ2v) is 6.93. The normalized spacial score (nSPS) is 11.0. The molecule has 1 aromatic carbocycles. The first-order chi connectivity index (χ1) is 15.3. The van der Waals surface area contributed by atoms with Crippen LogP contribution in [-0.2, 0) is 24.4 Å². The summed E-state index contributed by atoms with van der Waals surface area (Å²) in [5.41, 5.74) is -1.03. The number of hydrogen-bond acceptors (Lipinski definition) is 8. The number of H-pyrrole nitrogens is 1. The molecule has 3 aromatic rings. The molecule has 12 heteroatoms. The number of rotatable bonds is 9. The number of carbonyl (C=O) groups is 1. The van der Waals surface area contributed by atoms with Crippen molar-refractivity contribution in [2.75, 3.05) is 7.11 Å². The SMILES string of the molecule is CCCCn1c(=O)[nH]c(=O)c2c1nc(COc1ccc(C(=O)OC)cc1[N+](=O)[O-])n2CC. The van der Waals surface area contributed by atoms with Gasteiger partial charge in [0, 0.05) is 19.2 Å². The number of aromatic nitrogens is 4. The Labute approximate surface area is 181 Å². The molecule has 0 aliphatic heterocycles. The molecule has 0 saturated heterocycles. The maximum absolute atomic E-state index is 12.5. The van der Waals surface area contributed by atoms with Gasteiger partial charge in [0.25, 0.3) is 5.56 Å². The zero-order valence-electron chi connectivity index (χ0n) is 17.9. The van der Waals surface area contributed by atoms with Gasteiger partial charge in [-0.2, -0.15) is 0 Å². The number of hydrogen-bond donors (Lipinski definition) is 1. The summed E-state index contributed by atoms with van der Waals surface area (Å²) >= 11 is 0. The summed E-state index contributed by atoms with van der Waals surface area (Å²) in [6.45, 7) is 4.36. The van der Waals surface area contributed by atoms with Gasteiger partial charge in [-0.1, -0.05) is 13.3 Å². The van der Waals surface area contributed by atoms with Gasteiger partial charge in [-0.25, -0.2) is 14.6 Å². The zero-order valence-corrected chi connectivity index (χ0v) is 17.9. The van der Waals surface area contributed by atoms with Gasteiger partial charge in [-0.05, 0) is 25.5 Å². The van der Waals surface area contributed by atoms with E-state index < -0.39 is 27.8 Å². The predicted octanol–water partition coefficient (Wildman–Crippen LogP) is 1.98. The first-order valence-electron chi connectivity index (χ1n) is 10.0. The number of aryl methyl sites for hydroxylation is 2. The van der Waals surface area contributed by atoms with E-state index in [2.05, 4.69) is 14.7 Å². The highest BCUT2D eigenvalue weighted by molar-refractivity contribution is 5.90. The van der Waals surface area contributed by atoms with Crippen molar-refractivity contribution >= 4 is 22.8 Å². The van der Waals surface area contributed by atoms with Gasteiger partial charge in [0.05, 0.1) is 17.6 Å². The monoisotopic (exact) mass is 445 g/mol. The van der Waals surface area contributed by atoms with E-state index in [0.717, 1.165) is 18.9 Å². The first-order valence-corrected chi connectivity index (χ1v) is 10.0. The number of nitro groups is 1. The van der Waals surface area contributed by atoms with E-state index in [-0.39, 0.29) is 29.1 Å². The lowest BCUT2D eigenvalue weighted by molar-refractivity contribution is -0.386. The Morgan fingerprint density at radius 2 is 2.00 bits per heavy atom. The quantitative estimate of drug-likeness (QED) is 0.298. The van der Waals surface area contributed by atoms with Crippen LogP contribution in [0.25, 0.3) is 11.2 Å². The van der Waals surface area contributed by atoms with E-state index in [1.807, 2.05) is 6.92 Å². The van der Waals surface area contributed by atoms with Crippen LogP contribution in [-0.4, -0.2) is 37.1 Å². The molecule has 0 spiro atoms. The van der Waals surface area contributed by atoms with Crippen molar-refractivity contribution in [2.24, 2.45) is 0 Å². The number of esters is 1. The Morgan fingerprint density at radius 3 is 2.62 bits per heavy atom. The Kier molecular flexibility index (Phi) is 6.71. The summed E-state index contributed by atoms with van der Waals surface area (Å²) in [5, 5.41) is 11.5. The van der Waals surface area contributed by atoms with Crippen molar-refractivity contribution < 1.29 is 19.2 Å². The number of carbonyl (C=O) groups excluding carboxylic acids is 1. The Balaban J connectivity index is 2.02. The topological polar surface area (TPSA) is 151 Å². The van der Waals surface area contributed by atoms with Gasteiger partial charge < -0.3 is 14.0 Å². The molecule has 0 atom stereocenters. The van der Waals surface area contributed by atoms with Crippen LogP contribution in [0.3, 0.4) is 0 Å². The molecule has 170 valence electrons. The van der Waals surface area contributed by atoms with Crippen molar-refractivity contribution in [3.63, 3.8) is 0 Å². The molecule has 0 unspecified atom stereocenters. The first kappa shape index (κ1) is 22.7. The number of imidazole rings is 1. The predicted molar refractivity (Wildman–Crippen MR) is 114 cm³/mol. The van der Waals surface area contributed by atoms with E-state index in [0.29, 0.717) is 18.9 Å². The largest absolute Gasteiger partial charge is 0.479 e. The number of aromatic amines is 1. The Bertz CT molecular complexity index is 1290. The lowest BCUT2D eigenvalue weighted by Crippen LogP contribution is -2.31. The minimum atomic E-state index is -0.711. The second-order valence-electron chi connectivity index (χ2n) is 6.93. The van der Waals surface area contributed by atoms with Crippen molar-refractivity contribution in [2.45, 2.75) is 46.4 Å². The van der Waals surface area contributed by atoms with Gasteiger partial charge >= 0.3 is 17.3 Å². The molecule has 32 heavy (non-hydrogen) atoms. The number of benzene rings is 1. The Morgan fingerprint density at radius 1 is 1.25 bits per heavy atom. The number of unbranched alkanes of at least 4 members (excludes halogenated alkanes) is 1. The molecule has 2 aromatic heterocycles. The molecular weight excluding hydrogens is 422 g/mol. The molecule has 1 N–H and O–H groups in total. The van der Waals surface area contributed by atoms with Gasteiger partial charge in [0.2, 0.25) is 0 Å². The standard InChI is InChI=1S/C20H23N5O7/c1-4-6-9-24-17-16(18(26)22-20(24)28)23(5-2)15(21-17)11-32-14-8-7-12(19(27)31-3)10-13(14)25(29)30/h7-8,10H,4-6,9,11H2,1-3H3,(H,22,26,28). The minimum Gasteiger partial charge on any atom is -0.479 e. The highest BCUT2D eigenvalue weighted by Crippen LogP contribution is 2.29. The summed E-state index contributed by atoms with van der Waals surface area (Å²) in [6, 6.07) is 3.72. The Hall–Kier alpha value is -3.96. The van der Waals surface area contributed by atoms with Crippen LogP contribution in [0.4, 0.5) is 5.69 Å². The molecule has 0 aliphatic rings. The van der Waals surface area contributed by atoms with E-state index >= 15 is 0 Å². The number of fused-ring (bicyclic) bond motifs is 1. The third-order valence-corrected chi connectivity index (χ3v) is 4.95. The van der Waals surface area contributed by atoms with Crippen molar-refractivity contribution in [3.8, 4) is 5.75 Å². The van der Waals surface area contributed by atoms with E-state index in [4.69, 9.17) is 4.74 Å². The van der Waals surface area contributed by atoms with Crippen LogP contribution >= 0.6 is 0 Å². The molecule has 0 amide bonds. The number of methoxy groups -OCH3 is 1. The highest BCUT2D eigenvalue weighted by atomic mass is 16.6. The third-order valence-electron chi connectivity index (χ3n) is 4.95. The van der Waals surface area contributed by atoms with E-state index in [9.17, 15) is 24.5 Å². The fourth-order valence-corrected chi connectivity index (χ4v) is 3.36. The van der Waals surface area contributed by atoms with E-state index in [1.54, 1.807) is 11.5 Å². The number of nitrogens with one attached hydrogen (secondary N) is 1. The fourth-order valence-electron chi connectivity index (χ4n) is 3.36. The molecule has 0 bridgehead atoms. The average molecular weight is 445 g/mol. The maximum atomic E-state index is 12.5. The van der Waals surface area contributed by atoms with Gasteiger partial charge in [-0.3, -0.25) is 24.5 Å². The number of nitrogens with zero attached hydrogens (tertiary/aromatic N) is 4. The molecular formula is C20H23N5O7. The van der Waals surface area contributed by atoms with Crippen molar-refractivity contribution in [1.82, 2.24) is 19.1 Å². The lowest BCUT2D eigenvalue weighted by atomic mass is 10.2. The van der Waals surface area contributed by atoms with Gasteiger partial charge in [0.15, 0.2) is 16.9 Å². The third kappa shape index (κ3) is 4.24. The minimum absolute atomic E-state index is 0.0128. The summed E-state index contributed by atoms with van der Waals surface area (Å²) in [4.78, 5) is 54.0. The zero-order chi connectivity index (χ0) is 23.4. The number of nitro benzene ring substituents is 1. The lowest BCUT2D eigenvalue weighted by Gasteiger charge is -2.09. The van der Waals surface area contributed by atoms with Crippen LogP contribution in [0.5, 0.6) is 5.75 Å². The molecule has 12 nitrogen and oxygen atoms in total. The number of ether oxygens (including phenoxy) is 2. The molecule has 3 rings (SSSR count). The van der Waals surface area contributed by atoms with Crippen LogP contribution < -0.4 is 16.0 Å². The fraction of sp³-hybridized carbons (Fsp3) is 0.400. The molecule has 0 saturated carbocycles. The summed E-state index contributed by atoms with van der Waals surface area (Å²) < 4.78 is 13.2. The van der Waals surface area contributed by atoms with Crippen LogP contribution in [0.2, 0.25) is 0 Å². The van der Waals surface area contributed by atoms with E-state index in [1.165, 1.54) is 23.8 Å². The molecule has 0 fully saturated rings. The van der Waals surface area contributed by atoms with Gasteiger partial charge in [0.1, 0.15) is 12.4 Å². The summed E-state index contributed by atoms with van der Waals surface area (Å²) in [7, 11) is 1.18. The van der Waals surface area contributed by atoms with Crippen molar-refractivity contribution in [1.29, 1.82) is 0 Å². The molecule has 0 radical (unpaired) electrons. The second kappa shape index (κ2) is 9.45. The average Bonchev–Trinajstić information content (AvgIpc) is 3.15. The van der Waals surface area contributed by atoms with Crippen molar-refractivity contribution in [3.05, 3.63) is 60.5 Å². The smallest absolute Gasteiger partial charge is 0.338 e. The van der Waals surface area contributed by atoms with Crippen LogP contribution in [0.15, 0.2) is 27.8 Å². The van der Waals surface area contributed by atoms with Gasteiger partial charge in [-0.15, -0.1) is 0 Å². The molecule has 2 heterocycles. The summed E-state index contributed by atoms with van der Waals surface area (Å²) in [6.07, 6.45) is 1.58. The molecule has 0 aliphatic carbocycles. The highest BCUT2D eigenvalue weighted by Gasteiger charge is 2.22. The van der Waals surface area contributed by atoms with Crippen LogP contribution in [0, 0.1) is 10.1 Å². The summed E-state index contributed by atoms with van der Waals surface area (Å²) in [5.74, 6) is -0.457. The maximum Gasteiger partial charge on any atom is 0.338 e. The van der Waals surface area contributed by atoms with Crippen LogP contribution in [0.1, 0.15) is 42.9 Å².